The molecular formula is C28H46N10O4S. The van der Waals surface area contributed by atoms with Crippen molar-refractivity contribution in [2.75, 3.05) is 19.7 Å². The highest BCUT2D eigenvalue weighted by atomic mass is 32.3. The van der Waals surface area contributed by atoms with Crippen LogP contribution in [0.2, 0.25) is 0 Å². The number of unbranched alkanes of at least 4 members (excludes halogenated alkanes) is 1. The first-order valence-corrected chi connectivity index (χ1v) is 15.8. The molecule has 2 aliphatic rings. The minimum Gasteiger partial charge on any atom is -0.305 e. The van der Waals surface area contributed by atoms with Crippen molar-refractivity contribution < 1.29 is 17.2 Å². The Morgan fingerprint density at radius 1 is 0.884 bits per heavy atom. The molecule has 0 saturated carbocycles. The summed E-state index contributed by atoms with van der Waals surface area (Å²) in [6, 6.07) is 8.34. The number of benzene rings is 1. The third-order valence-electron chi connectivity index (χ3n) is 6.89. The van der Waals surface area contributed by atoms with Gasteiger partial charge >= 0.3 is 10.4 Å². The Labute approximate surface area is 255 Å². The van der Waals surface area contributed by atoms with Gasteiger partial charge in [-0.3, -0.25) is 19.5 Å². The van der Waals surface area contributed by atoms with E-state index >= 15 is 0 Å². The van der Waals surface area contributed by atoms with E-state index in [-0.39, 0.29) is 17.7 Å². The zero-order valence-electron chi connectivity index (χ0n) is 26.0. The first-order chi connectivity index (χ1) is 20.1. The number of aryl methyl sites for hydroxylation is 1. The Morgan fingerprint density at radius 3 is 2.14 bits per heavy atom. The van der Waals surface area contributed by atoms with E-state index in [9.17, 15) is 8.42 Å². The van der Waals surface area contributed by atoms with Gasteiger partial charge in [-0.1, -0.05) is 29.5 Å². The van der Waals surface area contributed by atoms with Crippen LogP contribution in [-0.2, 0) is 39.6 Å². The summed E-state index contributed by atoms with van der Waals surface area (Å²) in [6.07, 6.45) is 8.31. The predicted octanol–water partition coefficient (Wildman–Crippen LogP) is 2.31. The van der Waals surface area contributed by atoms with Crippen LogP contribution in [0.4, 0.5) is 0 Å². The van der Waals surface area contributed by atoms with Crippen LogP contribution in [0.5, 0.6) is 0 Å². The summed E-state index contributed by atoms with van der Waals surface area (Å²) >= 11 is 0. The molecule has 0 spiro atoms. The third-order valence-corrected chi connectivity index (χ3v) is 7.35. The number of hydrogen-bond donors (Lipinski definition) is 5. The molecule has 1 aromatic heterocycles. The zero-order valence-corrected chi connectivity index (χ0v) is 26.8. The molecule has 1 aromatic carbocycles. The van der Waals surface area contributed by atoms with E-state index in [0.717, 1.165) is 41.1 Å². The molecule has 0 amide bonds. The SMILES string of the molecule is CC(C)(C)N1C=C(CN(CC2=CN(Cc3ccc(CCCCOS(=O)(=O)O)cc3)NN2)Cc2cn(C(C)(C)C)nn2)NN1. The van der Waals surface area contributed by atoms with Gasteiger partial charge in [0.25, 0.3) is 0 Å². The molecule has 0 unspecified atom stereocenters. The average Bonchev–Trinajstić information content (AvgIpc) is 3.65. The van der Waals surface area contributed by atoms with Crippen LogP contribution in [0.1, 0.15) is 71.2 Å². The lowest BCUT2D eigenvalue weighted by atomic mass is 10.1. The first kappa shape index (κ1) is 32.7. The summed E-state index contributed by atoms with van der Waals surface area (Å²) in [5.41, 5.74) is 18.2. The molecule has 14 nitrogen and oxygen atoms in total. The fourth-order valence-electron chi connectivity index (χ4n) is 4.54. The smallest absolute Gasteiger partial charge is 0.305 e. The van der Waals surface area contributed by atoms with E-state index in [1.807, 2.05) is 15.9 Å². The van der Waals surface area contributed by atoms with Crippen LogP contribution < -0.4 is 21.9 Å². The molecule has 0 radical (unpaired) electrons. The zero-order chi connectivity index (χ0) is 31.3. The van der Waals surface area contributed by atoms with Gasteiger partial charge in [0.2, 0.25) is 0 Å². The first-order valence-electron chi connectivity index (χ1n) is 14.5. The molecule has 0 saturated heterocycles. The molecular weight excluding hydrogens is 572 g/mol. The average molecular weight is 619 g/mol. The van der Waals surface area contributed by atoms with Gasteiger partial charge in [0, 0.05) is 37.6 Å². The van der Waals surface area contributed by atoms with Crippen molar-refractivity contribution in [3.05, 3.63) is 71.1 Å². The van der Waals surface area contributed by atoms with Gasteiger partial charge in [0.1, 0.15) is 0 Å². The number of rotatable bonds is 14. The quantitative estimate of drug-likeness (QED) is 0.156. The summed E-state index contributed by atoms with van der Waals surface area (Å²) in [5, 5.41) is 12.9. The lowest BCUT2D eigenvalue weighted by Gasteiger charge is -2.30. The molecule has 5 N–H and O–H groups in total. The Hall–Kier alpha value is -3.21. The summed E-state index contributed by atoms with van der Waals surface area (Å²) < 4.78 is 36.2. The standard InChI is InChI=1S/C28H46N10O4S/c1-27(2,3)37-20-25(30-33-37)17-35(18-26-21-38(34-31-26)28(4,5)6)16-24-19-36(32-29-24)15-23-12-10-22(11-13-23)9-7-8-14-42-43(39,40)41/h10-13,19-21,29-30,32-33H,7-9,14-18H2,1-6H3,(H,39,40,41). The van der Waals surface area contributed by atoms with Gasteiger partial charge in [0.05, 0.1) is 42.0 Å². The second kappa shape index (κ2) is 13.6. The molecule has 43 heavy (non-hydrogen) atoms. The van der Waals surface area contributed by atoms with Crippen LogP contribution >= 0.6 is 0 Å². The number of nitrogens with zero attached hydrogens (tertiary/aromatic N) is 6. The van der Waals surface area contributed by atoms with Gasteiger partial charge < -0.3 is 10.9 Å². The second-order valence-corrected chi connectivity index (χ2v) is 14.0. The summed E-state index contributed by atoms with van der Waals surface area (Å²) in [4.78, 5) is 2.31. The van der Waals surface area contributed by atoms with Crippen molar-refractivity contribution in [2.24, 2.45) is 0 Å². The van der Waals surface area contributed by atoms with E-state index in [1.165, 1.54) is 0 Å². The van der Waals surface area contributed by atoms with E-state index in [0.29, 0.717) is 32.6 Å². The summed E-state index contributed by atoms with van der Waals surface area (Å²) in [6.45, 7) is 15.4. The van der Waals surface area contributed by atoms with E-state index in [1.54, 1.807) is 0 Å². The number of aromatic nitrogens is 3. The Morgan fingerprint density at radius 2 is 1.53 bits per heavy atom. The van der Waals surface area contributed by atoms with Gasteiger partial charge in [-0.05, 0) is 71.9 Å². The van der Waals surface area contributed by atoms with Crippen molar-refractivity contribution in [1.82, 2.24) is 51.8 Å². The van der Waals surface area contributed by atoms with Crippen LogP contribution in [0, 0.1) is 0 Å². The molecule has 0 atom stereocenters. The fraction of sp³-hybridized carbons (Fsp3) is 0.571. The second-order valence-electron chi connectivity index (χ2n) is 12.9. The number of nitrogens with one attached hydrogen (secondary N) is 4. The molecule has 15 heteroatoms. The van der Waals surface area contributed by atoms with Crippen LogP contribution in [0.25, 0.3) is 0 Å². The Balaban J connectivity index is 1.34. The maximum absolute atomic E-state index is 10.6. The highest BCUT2D eigenvalue weighted by molar-refractivity contribution is 7.80. The van der Waals surface area contributed by atoms with Crippen LogP contribution in [0.15, 0.2) is 54.3 Å². The van der Waals surface area contributed by atoms with E-state index in [2.05, 4.69) is 125 Å². The normalized spacial score (nSPS) is 16.0. The van der Waals surface area contributed by atoms with Crippen molar-refractivity contribution in [2.45, 2.75) is 85.0 Å². The highest BCUT2D eigenvalue weighted by Crippen LogP contribution is 2.18. The number of hydrazine groups is 4. The molecule has 4 rings (SSSR count). The van der Waals surface area contributed by atoms with Crippen molar-refractivity contribution in [1.29, 1.82) is 0 Å². The van der Waals surface area contributed by atoms with E-state index < -0.39 is 10.4 Å². The predicted molar refractivity (Wildman–Crippen MR) is 163 cm³/mol. The molecule has 238 valence electrons. The number of hydrogen-bond acceptors (Lipinski definition) is 12. The summed E-state index contributed by atoms with van der Waals surface area (Å²) in [5.74, 6) is 0. The minimum atomic E-state index is -4.37. The lowest BCUT2D eigenvalue weighted by Crippen LogP contribution is -2.47. The Bertz CT molecular complexity index is 1380. The van der Waals surface area contributed by atoms with Crippen LogP contribution in [0.3, 0.4) is 0 Å². The minimum absolute atomic E-state index is 0.0198. The maximum Gasteiger partial charge on any atom is 0.397 e. The maximum atomic E-state index is 10.6. The monoisotopic (exact) mass is 618 g/mol. The lowest BCUT2D eigenvalue weighted by molar-refractivity contribution is 0.137. The topological polar surface area (TPSA) is 152 Å². The third kappa shape index (κ3) is 10.5. The Kier molecular flexibility index (Phi) is 10.4. The van der Waals surface area contributed by atoms with Crippen LogP contribution in [-0.4, -0.2) is 68.1 Å². The molecule has 2 aromatic rings. The molecule has 0 bridgehead atoms. The highest BCUT2D eigenvalue weighted by Gasteiger charge is 2.25. The van der Waals surface area contributed by atoms with Gasteiger partial charge in [-0.15, -0.1) is 16.2 Å². The van der Waals surface area contributed by atoms with Crippen molar-refractivity contribution in [3.63, 3.8) is 0 Å². The van der Waals surface area contributed by atoms with Crippen molar-refractivity contribution in [3.8, 4) is 0 Å². The van der Waals surface area contributed by atoms with Crippen molar-refractivity contribution >= 4 is 10.4 Å². The van der Waals surface area contributed by atoms with Gasteiger partial charge in [0.15, 0.2) is 0 Å². The molecule has 2 aliphatic heterocycles. The van der Waals surface area contributed by atoms with E-state index in [4.69, 9.17) is 4.55 Å². The fourth-order valence-corrected chi connectivity index (χ4v) is 4.87. The van der Waals surface area contributed by atoms with Gasteiger partial charge in [-0.25, -0.2) is 8.86 Å². The summed E-state index contributed by atoms with van der Waals surface area (Å²) in [7, 11) is -4.37. The molecule has 0 fully saturated rings. The largest absolute Gasteiger partial charge is 0.397 e. The molecule has 3 heterocycles. The molecule has 0 aliphatic carbocycles. The van der Waals surface area contributed by atoms with Gasteiger partial charge in [-0.2, -0.15) is 8.42 Å².